The second kappa shape index (κ2) is 10.0. The molecule has 1 aliphatic heterocycles. The van der Waals surface area contributed by atoms with Crippen LogP contribution in [0.5, 0.6) is 0 Å². The molecule has 3 heterocycles. The lowest BCUT2D eigenvalue weighted by atomic mass is 10.0. The van der Waals surface area contributed by atoms with Crippen molar-refractivity contribution >= 4 is 49.8 Å². The highest BCUT2D eigenvalue weighted by atomic mass is 32.1. The van der Waals surface area contributed by atoms with Gasteiger partial charge in [-0.25, -0.2) is 9.37 Å². The van der Waals surface area contributed by atoms with Crippen molar-refractivity contribution in [3.8, 4) is 0 Å². The van der Waals surface area contributed by atoms with Gasteiger partial charge in [0.2, 0.25) is 0 Å². The molecule has 1 N–H and O–H groups in total. The number of benzene rings is 2. The van der Waals surface area contributed by atoms with Crippen molar-refractivity contribution < 1.29 is 18.7 Å². The van der Waals surface area contributed by atoms with E-state index in [1.807, 2.05) is 43.3 Å². The number of methoxy groups -OCH3 is 1. The zero-order valence-corrected chi connectivity index (χ0v) is 21.4. The highest BCUT2D eigenvalue weighted by Gasteiger charge is 2.24. The Balaban J connectivity index is 1.52. The van der Waals surface area contributed by atoms with Crippen LogP contribution >= 0.6 is 11.3 Å². The number of nitrogens with zero attached hydrogens (tertiary/aromatic N) is 2. The van der Waals surface area contributed by atoms with Gasteiger partial charge in [0.1, 0.15) is 12.0 Å². The van der Waals surface area contributed by atoms with Gasteiger partial charge in [0.25, 0.3) is 5.91 Å². The topological polar surface area (TPSA) is 71.5 Å². The Labute approximate surface area is 213 Å². The summed E-state index contributed by atoms with van der Waals surface area (Å²) in [4.78, 5) is 33.0. The maximum absolute atomic E-state index is 13.8. The number of halogens is 1. The molecule has 1 saturated heterocycles. The van der Waals surface area contributed by atoms with E-state index in [9.17, 15) is 14.0 Å². The first-order chi connectivity index (χ1) is 17.4. The first-order valence-electron chi connectivity index (χ1n) is 12.0. The fraction of sp³-hybridized carbons (Fsp3) is 0.321. The number of hydrogen-bond acceptors (Lipinski definition) is 6. The van der Waals surface area contributed by atoms with E-state index in [1.165, 1.54) is 18.3 Å². The van der Waals surface area contributed by atoms with Gasteiger partial charge in [-0.2, -0.15) is 0 Å². The number of amides is 1. The molecule has 1 aliphatic rings. The van der Waals surface area contributed by atoms with Crippen molar-refractivity contribution in [1.29, 1.82) is 0 Å². The van der Waals surface area contributed by atoms with E-state index in [-0.39, 0.29) is 11.7 Å². The molecule has 186 valence electrons. The molecular weight excluding hydrogens is 477 g/mol. The third kappa shape index (κ3) is 4.64. The van der Waals surface area contributed by atoms with Gasteiger partial charge in [0, 0.05) is 47.8 Å². The van der Waals surface area contributed by atoms with E-state index >= 15 is 0 Å². The van der Waals surface area contributed by atoms with Crippen LogP contribution in [-0.2, 0) is 17.9 Å². The molecule has 0 bridgehead atoms. The summed E-state index contributed by atoms with van der Waals surface area (Å²) in [5, 5.41) is 4.86. The lowest BCUT2D eigenvalue weighted by Crippen LogP contribution is -2.21. The first-order valence-corrected chi connectivity index (χ1v) is 12.8. The maximum atomic E-state index is 13.8. The number of aryl methyl sites for hydroxylation is 1. The average Bonchev–Trinajstić information content (AvgIpc) is 3.42. The summed E-state index contributed by atoms with van der Waals surface area (Å²) in [6, 6.07) is 13.4. The summed E-state index contributed by atoms with van der Waals surface area (Å²) in [6.07, 6.45) is -0.249. The zero-order chi connectivity index (χ0) is 25.4. The van der Waals surface area contributed by atoms with E-state index in [2.05, 4.69) is 15.2 Å². The second-order valence-electron chi connectivity index (χ2n) is 9.28. The summed E-state index contributed by atoms with van der Waals surface area (Å²) in [6.45, 7) is 5.54. The highest BCUT2D eigenvalue weighted by molar-refractivity contribution is 7.21. The zero-order valence-electron chi connectivity index (χ0n) is 20.6. The number of pyridine rings is 1. The molecule has 5 rings (SSSR count). The molecule has 0 aliphatic carbocycles. The molecular formula is C28H28FN3O3S. The number of alkyl halides is 1. The number of fused-ring (bicyclic) bond motifs is 2. The molecule has 4 aromatic rings. The molecule has 2 aromatic carbocycles. The van der Waals surface area contributed by atoms with Gasteiger partial charge >= 0.3 is 0 Å². The second-order valence-corrected chi connectivity index (χ2v) is 10.3. The number of hydrogen-bond donors (Lipinski definition) is 1. The lowest BCUT2D eigenvalue weighted by Gasteiger charge is -2.17. The summed E-state index contributed by atoms with van der Waals surface area (Å²) < 4.78 is 19.9. The van der Waals surface area contributed by atoms with Crippen LogP contribution in [0.15, 0.2) is 42.5 Å². The largest absolute Gasteiger partial charge is 0.380 e. The average molecular weight is 506 g/mol. The standard InChI is InChI=1S/C28H28FN3O3S/c1-16-25-18(15-35-3)8-9-21(17(2)33)27(25)36-26(16)28(34)31-24-12-19(13-32-11-10-20(29)14-32)22-6-4-5-7-23(22)30-24/h4-9,12,20H,10-11,13-15H2,1-3H3,(H,30,31,34)/t20-/m1/s1. The molecule has 1 atom stereocenters. The van der Waals surface area contributed by atoms with E-state index in [1.54, 1.807) is 13.2 Å². The number of rotatable bonds is 7. The smallest absolute Gasteiger partial charge is 0.267 e. The van der Waals surface area contributed by atoms with E-state index < -0.39 is 6.17 Å². The maximum Gasteiger partial charge on any atom is 0.267 e. The molecule has 1 fully saturated rings. The third-order valence-electron chi connectivity index (χ3n) is 6.70. The van der Waals surface area contributed by atoms with Gasteiger partial charge in [-0.1, -0.05) is 24.3 Å². The summed E-state index contributed by atoms with van der Waals surface area (Å²) in [5.74, 6) is 0.131. The van der Waals surface area contributed by atoms with Gasteiger partial charge in [-0.3, -0.25) is 14.5 Å². The first kappa shape index (κ1) is 24.5. The number of carbonyl (C=O) groups excluding carboxylic acids is 2. The van der Waals surface area contributed by atoms with Crippen molar-refractivity contribution in [1.82, 2.24) is 9.88 Å². The molecule has 2 aromatic heterocycles. The Morgan fingerprint density at radius 3 is 2.75 bits per heavy atom. The minimum Gasteiger partial charge on any atom is -0.380 e. The number of carbonyl (C=O) groups is 2. The van der Waals surface area contributed by atoms with E-state index in [0.29, 0.717) is 48.9 Å². The molecule has 0 spiro atoms. The minimum atomic E-state index is -0.795. The lowest BCUT2D eigenvalue weighted by molar-refractivity contribution is 0.101. The van der Waals surface area contributed by atoms with E-state index in [4.69, 9.17) is 4.74 Å². The third-order valence-corrected chi connectivity index (χ3v) is 8.03. The fourth-order valence-corrected chi connectivity index (χ4v) is 6.30. The van der Waals surface area contributed by atoms with Gasteiger partial charge < -0.3 is 10.1 Å². The highest BCUT2D eigenvalue weighted by Crippen LogP contribution is 2.37. The Morgan fingerprint density at radius 1 is 1.22 bits per heavy atom. The molecule has 8 heteroatoms. The molecule has 36 heavy (non-hydrogen) atoms. The number of Topliss-reactive ketones (excluding diaryl/α,β-unsaturated/α-hetero) is 1. The predicted octanol–water partition coefficient (Wildman–Crippen LogP) is 5.90. The molecule has 0 saturated carbocycles. The number of nitrogens with one attached hydrogen (secondary N) is 1. The minimum absolute atomic E-state index is 0.0459. The van der Waals surface area contributed by atoms with Crippen LogP contribution in [0.1, 0.15) is 50.1 Å². The van der Waals surface area contributed by atoms with Crippen LogP contribution in [0.25, 0.3) is 21.0 Å². The van der Waals surface area contributed by atoms with E-state index in [0.717, 1.165) is 37.7 Å². The normalized spacial score (nSPS) is 16.2. The predicted molar refractivity (Wildman–Crippen MR) is 142 cm³/mol. The number of ether oxygens (including phenoxy) is 1. The number of ketones is 1. The fourth-order valence-electron chi connectivity index (χ4n) is 4.99. The molecule has 1 amide bonds. The van der Waals surface area contributed by atoms with Crippen LogP contribution in [0, 0.1) is 6.92 Å². The summed E-state index contributed by atoms with van der Waals surface area (Å²) >= 11 is 1.31. The van der Waals surface area contributed by atoms with Gasteiger partial charge in [0.15, 0.2) is 5.78 Å². The monoisotopic (exact) mass is 505 g/mol. The van der Waals surface area contributed by atoms with Gasteiger partial charge in [0.05, 0.1) is 17.0 Å². The molecule has 6 nitrogen and oxygen atoms in total. The summed E-state index contributed by atoms with van der Waals surface area (Å²) in [7, 11) is 1.62. The van der Waals surface area contributed by atoms with Crippen molar-refractivity contribution in [3.63, 3.8) is 0 Å². The Kier molecular flexibility index (Phi) is 6.83. The number of likely N-dealkylation sites (tertiary alicyclic amines) is 1. The van der Waals surface area contributed by atoms with Crippen molar-refractivity contribution in [2.75, 3.05) is 25.5 Å². The Morgan fingerprint density at radius 2 is 2.03 bits per heavy atom. The van der Waals surface area contributed by atoms with Crippen LogP contribution in [0.4, 0.5) is 10.2 Å². The molecule has 0 unspecified atom stereocenters. The van der Waals surface area contributed by atoms with Crippen LogP contribution in [0.2, 0.25) is 0 Å². The molecule has 0 radical (unpaired) electrons. The van der Waals surface area contributed by atoms with Crippen LogP contribution in [-0.4, -0.2) is 47.9 Å². The van der Waals surface area contributed by atoms with Crippen LogP contribution < -0.4 is 5.32 Å². The van der Waals surface area contributed by atoms with Gasteiger partial charge in [-0.15, -0.1) is 11.3 Å². The van der Waals surface area contributed by atoms with Crippen molar-refractivity contribution in [2.24, 2.45) is 0 Å². The Hall–Kier alpha value is -3.20. The number of thiophene rings is 1. The van der Waals surface area contributed by atoms with Crippen molar-refractivity contribution in [2.45, 2.75) is 39.6 Å². The summed E-state index contributed by atoms with van der Waals surface area (Å²) in [5.41, 5.74) is 4.12. The number of anilines is 1. The van der Waals surface area contributed by atoms with Gasteiger partial charge in [-0.05, 0) is 55.2 Å². The number of para-hydroxylation sites is 1. The Bertz CT molecular complexity index is 1480. The number of aromatic nitrogens is 1. The van der Waals surface area contributed by atoms with Crippen molar-refractivity contribution in [3.05, 3.63) is 69.6 Å². The SMILES string of the molecule is COCc1ccc(C(C)=O)c2sc(C(=O)Nc3cc(CN4CC[C@@H](F)C4)c4ccccc4n3)c(C)c12. The quantitative estimate of drug-likeness (QED) is 0.317. The van der Waals surface area contributed by atoms with Crippen LogP contribution in [0.3, 0.4) is 0 Å².